The minimum Gasteiger partial charge on any atom is -0.325 e. The van der Waals surface area contributed by atoms with Gasteiger partial charge in [-0.3, -0.25) is 9.36 Å². The van der Waals surface area contributed by atoms with Crippen LogP contribution in [0.3, 0.4) is 0 Å². The molecule has 1 heterocycles. The van der Waals surface area contributed by atoms with Crippen molar-refractivity contribution in [1.82, 2.24) is 14.8 Å². The maximum absolute atomic E-state index is 13.1. The predicted molar refractivity (Wildman–Crippen MR) is 122 cm³/mol. The molecule has 1 aromatic heterocycles. The van der Waals surface area contributed by atoms with Gasteiger partial charge in [-0.15, -0.1) is 10.2 Å². The smallest absolute Gasteiger partial charge is 0.234 e. The first-order valence-electron chi connectivity index (χ1n) is 9.78. The summed E-state index contributed by atoms with van der Waals surface area (Å²) in [5.41, 5.74) is 4.79. The van der Waals surface area contributed by atoms with Crippen molar-refractivity contribution >= 4 is 23.4 Å². The molecule has 1 N–H and O–H groups in total. The summed E-state index contributed by atoms with van der Waals surface area (Å²) in [5, 5.41) is 12.2. The lowest BCUT2D eigenvalue weighted by Crippen LogP contribution is -2.14. The van der Waals surface area contributed by atoms with E-state index in [4.69, 9.17) is 0 Å². The van der Waals surface area contributed by atoms with Crippen LogP contribution in [0.4, 0.5) is 10.1 Å². The number of aromatic nitrogens is 3. The van der Waals surface area contributed by atoms with E-state index in [-0.39, 0.29) is 17.5 Å². The molecule has 156 valence electrons. The molecule has 7 heteroatoms. The molecule has 0 atom stereocenters. The minimum absolute atomic E-state index is 0.148. The maximum Gasteiger partial charge on any atom is 0.234 e. The van der Waals surface area contributed by atoms with Crippen LogP contribution in [0.1, 0.15) is 11.1 Å². The number of hydrogen-bond donors (Lipinski definition) is 1. The van der Waals surface area contributed by atoms with Gasteiger partial charge in [-0.1, -0.05) is 48.2 Å². The summed E-state index contributed by atoms with van der Waals surface area (Å²) in [7, 11) is 0. The molecule has 0 fully saturated rings. The fourth-order valence-electron chi connectivity index (χ4n) is 3.10. The second kappa shape index (κ2) is 9.14. The van der Waals surface area contributed by atoms with Gasteiger partial charge in [-0.05, 0) is 61.4 Å². The lowest BCUT2D eigenvalue weighted by atomic mass is 10.1. The van der Waals surface area contributed by atoms with Crippen LogP contribution in [-0.2, 0) is 4.79 Å². The Kier molecular flexibility index (Phi) is 6.13. The van der Waals surface area contributed by atoms with Gasteiger partial charge in [0.05, 0.1) is 11.4 Å². The van der Waals surface area contributed by atoms with Crippen molar-refractivity contribution in [2.45, 2.75) is 19.0 Å². The van der Waals surface area contributed by atoms with E-state index >= 15 is 0 Å². The Balaban J connectivity index is 1.61. The normalized spacial score (nSPS) is 10.8. The number of rotatable bonds is 6. The van der Waals surface area contributed by atoms with Crippen LogP contribution >= 0.6 is 11.8 Å². The summed E-state index contributed by atoms with van der Waals surface area (Å²) in [6.45, 7) is 4.13. The number of halogens is 1. The first-order valence-corrected chi connectivity index (χ1v) is 10.8. The number of amides is 1. The number of carbonyl (C=O) groups excluding carboxylic acids is 1. The molecule has 0 aliphatic heterocycles. The topological polar surface area (TPSA) is 59.8 Å². The molecule has 3 aromatic carbocycles. The average molecular weight is 433 g/mol. The summed E-state index contributed by atoms with van der Waals surface area (Å²) >= 11 is 1.30. The number of benzene rings is 3. The zero-order chi connectivity index (χ0) is 21.8. The molecule has 0 saturated carbocycles. The number of carbonyl (C=O) groups is 1. The van der Waals surface area contributed by atoms with Crippen molar-refractivity contribution in [3.8, 4) is 17.1 Å². The third-order valence-electron chi connectivity index (χ3n) is 4.87. The number of hydrogen-bond acceptors (Lipinski definition) is 4. The summed E-state index contributed by atoms with van der Waals surface area (Å²) in [6, 6.07) is 21.7. The number of nitrogens with zero attached hydrogens (tertiary/aromatic N) is 3. The molecular weight excluding hydrogens is 411 g/mol. The molecule has 5 nitrogen and oxygen atoms in total. The van der Waals surface area contributed by atoms with Crippen LogP contribution in [0.2, 0.25) is 0 Å². The summed E-state index contributed by atoms with van der Waals surface area (Å²) in [6.07, 6.45) is 0. The standard InChI is InChI=1S/C24H21FN4OS/c1-16-8-13-21(14-17(16)2)29-23(18-6-4-3-5-7-18)27-28-24(29)31-15-22(30)26-20-11-9-19(25)10-12-20/h3-14H,15H2,1-2H3,(H,26,30). The lowest BCUT2D eigenvalue weighted by molar-refractivity contribution is -0.113. The monoisotopic (exact) mass is 432 g/mol. The highest BCUT2D eigenvalue weighted by Gasteiger charge is 2.17. The highest BCUT2D eigenvalue weighted by atomic mass is 32.2. The molecule has 0 spiro atoms. The average Bonchev–Trinajstić information content (AvgIpc) is 3.20. The number of anilines is 1. The van der Waals surface area contributed by atoms with Crippen LogP contribution in [0.5, 0.6) is 0 Å². The Morgan fingerprint density at radius 3 is 2.42 bits per heavy atom. The quantitative estimate of drug-likeness (QED) is 0.413. The van der Waals surface area contributed by atoms with E-state index < -0.39 is 0 Å². The summed E-state index contributed by atoms with van der Waals surface area (Å²) in [4.78, 5) is 12.4. The van der Waals surface area contributed by atoms with Crippen LogP contribution in [0.25, 0.3) is 17.1 Å². The predicted octanol–water partition coefficient (Wildman–Crippen LogP) is 5.42. The Morgan fingerprint density at radius 2 is 1.71 bits per heavy atom. The van der Waals surface area contributed by atoms with E-state index in [1.54, 1.807) is 0 Å². The van der Waals surface area contributed by atoms with Gasteiger partial charge < -0.3 is 5.32 Å². The van der Waals surface area contributed by atoms with Crippen LogP contribution < -0.4 is 5.32 Å². The summed E-state index contributed by atoms with van der Waals surface area (Å²) in [5.74, 6) is 0.315. The molecule has 1 amide bonds. The van der Waals surface area contributed by atoms with Crippen molar-refractivity contribution in [3.05, 3.63) is 89.7 Å². The first-order chi connectivity index (χ1) is 15.0. The molecular formula is C24H21FN4OS. The summed E-state index contributed by atoms with van der Waals surface area (Å²) < 4.78 is 15.0. The zero-order valence-corrected chi connectivity index (χ0v) is 18.0. The van der Waals surface area contributed by atoms with E-state index in [2.05, 4.69) is 41.5 Å². The van der Waals surface area contributed by atoms with Gasteiger partial charge >= 0.3 is 0 Å². The van der Waals surface area contributed by atoms with E-state index in [0.29, 0.717) is 16.7 Å². The third-order valence-corrected chi connectivity index (χ3v) is 5.80. The van der Waals surface area contributed by atoms with Gasteiger partial charge in [0.25, 0.3) is 0 Å². The molecule has 0 saturated heterocycles. The number of thioether (sulfide) groups is 1. The second-order valence-corrected chi connectivity index (χ2v) is 8.06. The fourth-order valence-corrected chi connectivity index (χ4v) is 3.85. The number of aryl methyl sites for hydroxylation is 2. The molecule has 0 unspecified atom stereocenters. The molecule has 4 aromatic rings. The lowest BCUT2D eigenvalue weighted by Gasteiger charge is -2.12. The fraction of sp³-hybridized carbons (Fsp3) is 0.125. The molecule has 0 aliphatic rings. The van der Waals surface area contributed by atoms with E-state index in [1.807, 2.05) is 41.0 Å². The first kappa shape index (κ1) is 20.8. The Morgan fingerprint density at radius 1 is 0.968 bits per heavy atom. The van der Waals surface area contributed by atoms with Gasteiger partial charge in [0.15, 0.2) is 11.0 Å². The third kappa shape index (κ3) is 4.83. The van der Waals surface area contributed by atoms with Crippen molar-refractivity contribution < 1.29 is 9.18 Å². The largest absolute Gasteiger partial charge is 0.325 e. The molecule has 0 aliphatic carbocycles. The minimum atomic E-state index is -0.345. The van der Waals surface area contributed by atoms with Gasteiger partial charge in [0, 0.05) is 11.3 Å². The van der Waals surface area contributed by atoms with Gasteiger partial charge in [-0.25, -0.2) is 4.39 Å². The van der Waals surface area contributed by atoms with Crippen molar-refractivity contribution in [3.63, 3.8) is 0 Å². The van der Waals surface area contributed by atoms with Crippen molar-refractivity contribution in [1.29, 1.82) is 0 Å². The zero-order valence-electron chi connectivity index (χ0n) is 17.2. The van der Waals surface area contributed by atoms with Gasteiger partial charge in [-0.2, -0.15) is 0 Å². The molecule has 0 bridgehead atoms. The van der Waals surface area contributed by atoms with E-state index in [1.165, 1.54) is 41.6 Å². The second-order valence-electron chi connectivity index (χ2n) is 7.12. The molecule has 31 heavy (non-hydrogen) atoms. The number of nitrogens with one attached hydrogen (secondary N) is 1. The van der Waals surface area contributed by atoms with Crippen molar-refractivity contribution in [2.75, 3.05) is 11.1 Å². The van der Waals surface area contributed by atoms with Crippen molar-refractivity contribution in [2.24, 2.45) is 0 Å². The Bertz CT molecular complexity index is 1210. The Labute approximate surface area is 184 Å². The highest BCUT2D eigenvalue weighted by Crippen LogP contribution is 2.29. The van der Waals surface area contributed by atoms with Gasteiger partial charge in [0.2, 0.25) is 5.91 Å². The van der Waals surface area contributed by atoms with Gasteiger partial charge in [0.1, 0.15) is 5.82 Å². The highest BCUT2D eigenvalue weighted by molar-refractivity contribution is 7.99. The van der Waals surface area contributed by atoms with Crippen LogP contribution in [0.15, 0.2) is 78.0 Å². The SMILES string of the molecule is Cc1ccc(-n2c(SCC(=O)Nc3ccc(F)cc3)nnc2-c2ccccc2)cc1C. The molecule has 0 radical (unpaired) electrons. The Hall–Kier alpha value is -3.45. The van der Waals surface area contributed by atoms with Crippen LogP contribution in [-0.4, -0.2) is 26.4 Å². The van der Waals surface area contributed by atoms with E-state index in [0.717, 1.165) is 16.8 Å². The maximum atomic E-state index is 13.1. The van der Waals surface area contributed by atoms with E-state index in [9.17, 15) is 9.18 Å². The molecule has 4 rings (SSSR count). The van der Waals surface area contributed by atoms with Crippen LogP contribution in [0, 0.1) is 19.7 Å².